The van der Waals surface area contributed by atoms with E-state index in [9.17, 15) is 0 Å². The van der Waals surface area contributed by atoms with E-state index in [0.29, 0.717) is 64.9 Å². The summed E-state index contributed by atoms with van der Waals surface area (Å²) < 4.78 is 4.44. The SMILES string of the molecule is C[O][GaH2].c1ccc2c(c1)-c1nc-2nc2[nH]c(nc3nc(nc4[nH]c(n1)c1ccccc41)-c1ccccc1-3)c1ccccc21. The van der Waals surface area contributed by atoms with E-state index in [-0.39, 0.29) is 0 Å². The number of nitrogens with zero attached hydrogens (tertiary/aromatic N) is 6. The van der Waals surface area contributed by atoms with Gasteiger partial charge in [-0.05, 0) is 0 Å². The van der Waals surface area contributed by atoms with Crippen LogP contribution >= 0.6 is 0 Å². The smallest absolute Gasteiger partial charge is 0.164 e. The molecule has 0 spiro atoms. The summed E-state index contributed by atoms with van der Waals surface area (Å²) >= 11 is 0.604. The Morgan fingerprint density at radius 2 is 0.651 bits per heavy atom. The van der Waals surface area contributed by atoms with Gasteiger partial charge in [-0.15, -0.1) is 0 Å². The molecule has 0 aliphatic carbocycles. The summed E-state index contributed by atoms with van der Waals surface area (Å²) in [6, 6.07) is 32.2. The van der Waals surface area contributed by atoms with Gasteiger partial charge in [0.05, 0.1) is 0 Å². The number of rotatable bonds is 0. The second-order valence-corrected chi connectivity index (χ2v) is 11.9. The molecule has 0 atom stereocenters. The number of nitrogens with one attached hydrogen (secondary N) is 2. The Labute approximate surface area is 255 Å². The molecule has 2 aliphatic rings. The van der Waals surface area contributed by atoms with Crippen molar-refractivity contribution in [2.75, 3.05) is 7.11 Å². The molecule has 43 heavy (non-hydrogen) atoms. The van der Waals surface area contributed by atoms with E-state index in [1.54, 1.807) is 7.11 Å². The number of fused-ring (bicyclic) bond motifs is 20. The van der Waals surface area contributed by atoms with E-state index in [0.717, 1.165) is 43.8 Å². The zero-order valence-corrected chi connectivity index (χ0v) is 27.5. The van der Waals surface area contributed by atoms with Crippen LogP contribution in [0, 0.1) is 0 Å². The van der Waals surface area contributed by atoms with Crippen molar-refractivity contribution in [3.8, 4) is 45.6 Å². The maximum absolute atomic E-state index is 5.02. The molecule has 204 valence electrons. The number of aromatic nitrogens is 8. The van der Waals surface area contributed by atoms with Crippen molar-refractivity contribution in [2.45, 2.75) is 0 Å². The van der Waals surface area contributed by atoms with Gasteiger partial charge in [0.25, 0.3) is 0 Å². The van der Waals surface area contributed by atoms with Crippen LogP contribution in [0.2, 0.25) is 0 Å². The number of hydrogen-bond donors (Lipinski definition) is 2. The van der Waals surface area contributed by atoms with E-state index < -0.39 is 0 Å². The van der Waals surface area contributed by atoms with Gasteiger partial charge in [-0.1, -0.05) is 97.1 Å². The fourth-order valence-electron chi connectivity index (χ4n) is 5.59. The van der Waals surface area contributed by atoms with Crippen molar-refractivity contribution < 1.29 is 3.53 Å². The second-order valence-electron chi connectivity index (χ2n) is 10.2. The first-order chi connectivity index (χ1) is 21.2. The summed E-state index contributed by atoms with van der Waals surface area (Å²) in [5.74, 6) is 2.39. The molecular formula is C33H23GaN8O. The monoisotopic (exact) mass is 616 g/mol. The van der Waals surface area contributed by atoms with Crippen LogP contribution in [0.3, 0.4) is 0 Å². The average Bonchev–Trinajstić information content (AvgIpc) is 3.77. The third-order valence-electron chi connectivity index (χ3n) is 7.46. The minimum absolute atomic E-state index is 0.597. The van der Waals surface area contributed by atoms with Crippen molar-refractivity contribution in [3.63, 3.8) is 0 Å². The maximum Gasteiger partial charge on any atom is 0.164 e. The van der Waals surface area contributed by atoms with Crippen molar-refractivity contribution in [3.05, 3.63) is 97.1 Å². The Bertz CT molecular complexity index is 2060. The predicted octanol–water partition coefficient (Wildman–Crippen LogP) is 6.05. The Morgan fingerprint density at radius 1 is 0.419 bits per heavy atom. The zero-order chi connectivity index (χ0) is 28.9. The van der Waals surface area contributed by atoms with Crippen LogP contribution in [0.1, 0.15) is 0 Å². The van der Waals surface area contributed by atoms with Gasteiger partial charge in [0, 0.05) is 43.8 Å². The van der Waals surface area contributed by atoms with E-state index in [1.807, 2.05) is 97.1 Å². The van der Waals surface area contributed by atoms with Crippen LogP contribution in [0.5, 0.6) is 0 Å². The second kappa shape index (κ2) is 10.3. The molecular weight excluding hydrogens is 594 g/mol. The fourth-order valence-corrected chi connectivity index (χ4v) is 5.59. The molecule has 7 aromatic rings. The van der Waals surface area contributed by atoms with Gasteiger partial charge in [-0.3, -0.25) is 0 Å². The van der Waals surface area contributed by atoms with E-state index >= 15 is 0 Å². The van der Waals surface area contributed by atoms with Gasteiger partial charge in [0.15, 0.2) is 23.3 Å². The summed E-state index contributed by atoms with van der Waals surface area (Å²) in [5, 5.41) is 3.82. The first-order valence-corrected chi connectivity index (χ1v) is 15.5. The van der Waals surface area contributed by atoms with Crippen LogP contribution < -0.4 is 0 Å². The molecule has 9 nitrogen and oxygen atoms in total. The Balaban J connectivity index is 0.000000892. The molecule has 0 fully saturated rings. The summed E-state index contributed by atoms with van der Waals surface area (Å²) in [7, 11) is 1.71. The summed E-state index contributed by atoms with van der Waals surface area (Å²) in [5.41, 5.74) is 6.45. The molecule has 8 bridgehead atoms. The van der Waals surface area contributed by atoms with Gasteiger partial charge >= 0.3 is 29.6 Å². The van der Waals surface area contributed by atoms with Crippen molar-refractivity contribution in [2.24, 2.45) is 0 Å². The van der Waals surface area contributed by atoms with Crippen LogP contribution in [-0.2, 0) is 3.53 Å². The van der Waals surface area contributed by atoms with Gasteiger partial charge in [0.1, 0.15) is 22.6 Å². The number of benzene rings is 4. The molecule has 3 aromatic heterocycles. The molecule has 0 radical (unpaired) electrons. The molecule has 0 unspecified atom stereocenters. The summed E-state index contributed by atoms with van der Waals surface area (Å²) in [4.78, 5) is 36.8. The third kappa shape index (κ3) is 4.23. The predicted molar refractivity (Wildman–Crippen MR) is 172 cm³/mol. The molecule has 5 heterocycles. The van der Waals surface area contributed by atoms with Crippen LogP contribution in [0.15, 0.2) is 97.1 Å². The molecule has 0 saturated heterocycles. The largest absolute Gasteiger partial charge is 0.324 e. The van der Waals surface area contributed by atoms with Gasteiger partial charge in [0.2, 0.25) is 0 Å². The molecule has 0 saturated carbocycles. The molecule has 10 heteroatoms. The topological polar surface area (TPSA) is 118 Å². The Hall–Kier alpha value is -5.16. The van der Waals surface area contributed by atoms with Gasteiger partial charge < -0.3 is 9.97 Å². The number of aromatic amines is 2. The minimum Gasteiger partial charge on any atom is -0.324 e. The van der Waals surface area contributed by atoms with Gasteiger partial charge in [-0.25, -0.2) is 29.9 Å². The van der Waals surface area contributed by atoms with Crippen LogP contribution in [0.4, 0.5) is 0 Å². The Kier molecular flexibility index (Phi) is 6.11. The molecule has 4 aromatic carbocycles. The normalized spacial score (nSPS) is 11.6. The van der Waals surface area contributed by atoms with Crippen LogP contribution in [-0.4, -0.2) is 65.9 Å². The van der Waals surface area contributed by atoms with Crippen LogP contribution in [0.25, 0.3) is 89.7 Å². The third-order valence-corrected chi connectivity index (χ3v) is 7.46. The van der Waals surface area contributed by atoms with Crippen molar-refractivity contribution in [1.29, 1.82) is 0 Å². The first kappa shape index (κ1) is 25.5. The first-order valence-electron chi connectivity index (χ1n) is 13.8. The molecule has 9 rings (SSSR count). The van der Waals surface area contributed by atoms with E-state index in [4.69, 9.17) is 29.9 Å². The van der Waals surface area contributed by atoms with Crippen molar-refractivity contribution >= 4 is 63.1 Å². The molecule has 0 amide bonds. The molecule has 2 aliphatic heterocycles. The van der Waals surface area contributed by atoms with E-state index in [2.05, 4.69) is 13.5 Å². The minimum atomic E-state index is 0.597. The van der Waals surface area contributed by atoms with E-state index in [1.165, 1.54) is 0 Å². The Morgan fingerprint density at radius 3 is 0.907 bits per heavy atom. The quantitative estimate of drug-likeness (QED) is 0.199. The van der Waals surface area contributed by atoms with Crippen molar-refractivity contribution in [1.82, 2.24) is 39.9 Å². The summed E-state index contributed by atoms with van der Waals surface area (Å²) in [6.45, 7) is 0. The maximum atomic E-state index is 5.02. The summed E-state index contributed by atoms with van der Waals surface area (Å²) in [6.07, 6.45) is 0. The molecule has 2 N–H and O–H groups in total. The van der Waals surface area contributed by atoms with Gasteiger partial charge in [-0.2, -0.15) is 0 Å². The zero-order valence-electron chi connectivity index (χ0n) is 23.3. The number of H-pyrrole nitrogens is 2. The average molecular weight is 617 g/mol. The fraction of sp³-hybridized carbons (Fsp3) is 0.0303. The number of hydrogen-bond acceptors (Lipinski definition) is 7. The standard InChI is InChI=1S/C32H18N8.CH3O.Ga.2H/c1-2-10-18-17(9-1)25-33-26(18)38-28-21-13-5-6-14-22(21)30(35-28)40-32-24-16-8-7-15-23(24)31(36-32)39-29-20-12-4-3-11-19(20)27(34-29)37-25;1-2;;;/h1-16H,(H2,33,34,35,36,37,38,39,40);1H3;;;/q;-1;+1;;.